The van der Waals surface area contributed by atoms with Gasteiger partial charge >= 0.3 is 5.69 Å². The number of nitrogen functional groups attached to an aromatic ring is 1. The molecule has 0 bridgehead atoms. The number of anilines is 1. The topological polar surface area (TPSA) is 99.3 Å². The van der Waals surface area contributed by atoms with E-state index in [9.17, 15) is 9.59 Å². The van der Waals surface area contributed by atoms with Crippen molar-refractivity contribution in [2.75, 3.05) is 23.8 Å². The van der Waals surface area contributed by atoms with Crippen molar-refractivity contribution in [3.05, 3.63) is 37.7 Å². The van der Waals surface area contributed by atoms with Crippen LogP contribution in [-0.2, 0) is 0 Å². The molecule has 7 nitrogen and oxygen atoms in total. The van der Waals surface area contributed by atoms with Gasteiger partial charge in [-0.15, -0.1) is 0 Å². The lowest BCUT2D eigenvalue weighted by atomic mass is 9.81. The minimum absolute atomic E-state index is 0.0149. The SMILES string of the molecule is CC[C@@H]1[C@H](C)CN(c2c(F)cc3c(=O)n(N)c(=O)n(C4CC4)c3c2Cl)C[C@H]1N. The highest BCUT2D eigenvalue weighted by Crippen LogP contribution is 2.42. The fourth-order valence-corrected chi connectivity index (χ4v) is 5.05. The number of hydrogen-bond acceptors (Lipinski definition) is 5. The van der Waals surface area contributed by atoms with Crippen LogP contribution in [0.15, 0.2) is 15.7 Å². The number of benzene rings is 1. The second kappa shape index (κ2) is 6.77. The molecular weight excluding hydrogens is 385 g/mol. The van der Waals surface area contributed by atoms with Crippen molar-refractivity contribution in [2.45, 2.75) is 45.2 Å². The van der Waals surface area contributed by atoms with Crippen molar-refractivity contribution in [2.24, 2.45) is 17.6 Å². The van der Waals surface area contributed by atoms with E-state index in [-0.39, 0.29) is 39.6 Å². The van der Waals surface area contributed by atoms with Crippen molar-refractivity contribution >= 4 is 28.2 Å². The molecule has 1 aliphatic carbocycles. The Morgan fingerprint density at radius 1 is 1.29 bits per heavy atom. The predicted octanol–water partition coefficient (Wildman–Crippen LogP) is 1.81. The maximum Gasteiger partial charge on any atom is 0.350 e. The van der Waals surface area contributed by atoms with Gasteiger partial charge in [-0.05, 0) is 30.7 Å². The molecular formula is C19H25ClFN5O2. The zero-order chi connectivity index (χ0) is 20.3. The Morgan fingerprint density at radius 3 is 2.54 bits per heavy atom. The minimum Gasteiger partial charge on any atom is -0.366 e. The Morgan fingerprint density at radius 2 is 1.96 bits per heavy atom. The van der Waals surface area contributed by atoms with Crippen LogP contribution in [0.5, 0.6) is 0 Å². The summed E-state index contributed by atoms with van der Waals surface area (Å²) in [7, 11) is 0. The van der Waals surface area contributed by atoms with E-state index in [0.29, 0.717) is 23.7 Å². The number of hydrogen-bond donors (Lipinski definition) is 2. The minimum atomic E-state index is -0.751. The smallest absolute Gasteiger partial charge is 0.350 e. The van der Waals surface area contributed by atoms with Crippen LogP contribution in [0.3, 0.4) is 0 Å². The Hall–Kier alpha value is -2.06. The third-order valence-corrected chi connectivity index (χ3v) is 6.55. The maximum absolute atomic E-state index is 15.1. The third kappa shape index (κ3) is 2.81. The summed E-state index contributed by atoms with van der Waals surface area (Å²) in [6, 6.07) is 0.957. The summed E-state index contributed by atoms with van der Waals surface area (Å²) in [5.74, 6) is 5.65. The number of fused-ring (bicyclic) bond motifs is 1. The highest BCUT2D eigenvalue weighted by molar-refractivity contribution is 6.38. The Labute approximate surface area is 166 Å². The van der Waals surface area contributed by atoms with Crippen LogP contribution in [0.25, 0.3) is 10.9 Å². The van der Waals surface area contributed by atoms with Crippen LogP contribution in [0.2, 0.25) is 5.02 Å². The van der Waals surface area contributed by atoms with Crippen LogP contribution in [0.4, 0.5) is 10.1 Å². The Balaban J connectivity index is 1.94. The second-order valence-corrected chi connectivity index (χ2v) is 8.47. The molecule has 0 amide bonds. The quantitative estimate of drug-likeness (QED) is 0.753. The molecule has 1 aromatic carbocycles. The largest absolute Gasteiger partial charge is 0.366 e. The summed E-state index contributed by atoms with van der Waals surface area (Å²) >= 11 is 6.65. The number of rotatable bonds is 3. The van der Waals surface area contributed by atoms with E-state index in [0.717, 1.165) is 25.3 Å². The van der Waals surface area contributed by atoms with E-state index in [4.69, 9.17) is 23.2 Å². The fourth-order valence-electron chi connectivity index (χ4n) is 4.64. The zero-order valence-corrected chi connectivity index (χ0v) is 16.7. The molecule has 4 rings (SSSR count). The van der Waals surface area contributed by atoms with Crippen LogP contribution in [0.1, 0.15) is 39.2 Å². The number of halogens is 2. The molecule has 28 heavy (non-hydrogen) atoms. The first-order chi connectivity index (χ1) is 13.3. The molecule has 1 aliphatic heterocycles. The van der Waals surface area contributed by atoms with Crippen LogP contribution < -0.4 is 27.7 Å². The number of aromatic nitrogens is 2. The van der Waals surface area contributed by atoms with Gasteiger partial charge in [0.15, 0.2) is 0 Å². The van der Waals surface area contributed by atoms with Crippen molar-refractivity contribution in [1.29, 1.82) is 0 Å². The molecule has 4 N–H and O–H groups in total. The third-order valence-electron chi connectivity index (χ3n) is 6.19. The van der Waals surface area contributed by atoms with Crippen molar-refractivity contribution in [3.63, 3.8) is 0 Å². The van der Waals surface area contributed by atoms with E-state index in [1.165, 1.54) is 4.57 Å². The average Bonchev–Trinajstić information content (AvgIpc) is 3.46. The monoisotopic (exact) mass is 409 g/mol. The molecule has 2 fully saturated rings. The van der Waals surface area contributed by atoms with E-state index in [1.54, 1.807) is 0 Å². The van der Waals surface area contributed by atoms with Crippen LogP contribution in [-0.4, -0.2) is 28.4 Å². The van der Waals surface area contributed by atoms with Gasteiger partial charge in [0, 0.05) is 25.2 Å². The fraction of sp³-hybridized carbons (Fsp3) is 0.579. The Bertz CT molecular complexity index is 1050. The molecule has 0 spiro atoms. The summed E-state index contributed by atoms with van der Waals surface area (Å²) in [6.07, 6.45) is 2.54. The van der Waals surface area contributed by atoms with Gasteiger partial charge in [-0.3, -0.25) is 9.36 Å². The second-order valence-electron chi connectivity index (χ2n) is 8.09. The molecule has 152 valence electrons. The first-order valence-corrected chi connectivity index (χ1v) is 10.1. The van der Waals surface area contributed by atoms with E-state index in [2.05, 4.69) is 13.8 Å². The summed E-state index contributed by atoms with van der Waals surface area (Å²) in [5, 5.41) is 0.0899. The van der Waals surface area contributed by atoms with Crippen molar-refractivity contribution < 1.29 is 4.39 Å². The van der Waals surface area contributed by atoms with Gasteiger partial charge < -0.3 is 16.5 Å². The van der Waals surface area contributed by atoms with Gasteiger partial charge in [-0.1, -0.05) is 31.9 Å². The standard InChI is InChI=1S/C19H25ClFN5O2/c1-3-11-9(2)7-24(8-14(11)22)17-13(21)6-12-16(15(17)20)25(10-4-5-10)19(28)26(23)18(12)27/h6,9-11,14H,3-5,7-8,22-23H2,1-2H3/t9-,11-,14-/m1/s1. The van der Waals surface area contributed by atoms with E-state index in [1.807, 2.05) is 4.90 Å². The normalized spacial score (nSPS) is 25.5. The molecule has 0 unspecified atom stereocenters. The lowest BCUT2D eigenvalue weighted by molar-refractivity contribution is 0.253. The van der Waals surface area contributed by atoms with E-state index < -0.39 is 17.1 Å². The molecule has 1 saturated carbocycles. The van der Waals surface area contributed by atoms with Crippen molar-refractivity contribution in [3.8, 4) is 0 Å². The lowest BCUT2D eigenvalue weighted by Crippen LogP contribution is -2.52. The molecule has 1 aromatic heterocycles. The number of piperidine rings is 1. The molecule has 2 aliphatic rings. The highest BCUT2D eigenvalue weighted by atomic mass is 35.5. The number of nitrogens with zero attached hydrogens (tertiary/aromatic N) is 3. The maximum atomic E-state index is 15.1. The molecule has 9 heteroatoms. The molecule has 1 saturated heterocycles. The highest BCUT2D eigenvalue weighted by Gasteiger charge is 2.35. The van der Waals surface area contributed by atoms with Crippen LogP contribution in [0, 0.1) is 17.7 Å². The first kappa shape index (κ1) is 19.3. The predicted molar refractivity (Wildman–Crippen MR) is 109 cm³/mol. The van der Waals surface area contributed by atoms with Gasteiger partial charge in [-0.2, -0.15) is 4.68 Å². The average molecular weight is 410 g/mol. The van der Waals surface area contributed by atoms with Gasteiger partial charge in [0.25, 0.3) is 5.56 Å². The Kier molecular flexibility index (Phi) is 4.66. The molecule has 2 aromatic rings. The van der Waals surface area contributed by atoms with Gasteiger partial charge in [-0.25, -0.2) is 9.18 Å². The summed E-state index contributed by atoms with van der Waals surface area (Å²) in [5.41, 5.74) is 5.43. The van der Waals surface area contributed by atoms with Crippen LogP contribution >= 0.6 is 11.6 Å². The van der Waals surface area contributed by atoms with Gasteiger partial charge in [0.2, 0.25) is 0 Å². The zero-order valence-electron chi connectivity index (χ0n) is 16.0. The summed E-state index contributed by atoms with van der Waals surface area (Å²) < 4.78 is 17.1. The van der Waals surface area contributed by atoms with Crippen molar-refractivity contribution in [1.82, 2.24) is 9.24 Å². The van der Waals surface area contributed by atoms with E-state index >= 15 is 4.39 Å². The first-order valence-electron chi connectivity index (χ1n) is 9.71. The molecule has 2 heterocycles. The number of nitrogens with two attached hydrogens (primary N) is 2. The lowest BCUT2D eigenvalue weighted by Gasteiger charge is -2.42. The van der Waals surface area contributed by atoms with Gasteiger partial charge in [0.1, 0.15) is 5.82 Å². The molecule has 0 radical (unpaired) electrons. The molecule has 3 atom stereocenters. The van der Waals surface area contributed by atoms with Gasteiger partial charge in [0.05, 0.1) is 21.6 Å². The summed E-state index contributed by atoms with van der Waals surface area (Å²) in [6.45, 7) is 5.27. The summed E-state index contributed by atoms with van der Waals surface area (Å²) in [4.78, 5) is 26.9.